The summed E-state index contributed by atoms with van der Waals surface area (Å²) in [5.74, 6) is 0.212. The topological polar surface area (TPSA) is 140 Å². The normalized spacial score (nSPS) is 34.4. The quantitative estimate of drug-likeness (QED) is 0.541. The van der Waals surface area contributed by atoms with E-state index < -0.39 is 30.1 Å². The van der Waals surface area contributed by atoms with Crippen LogP contribution in [0.5, 0.6) is 0 Å². The molecular formula is C12H17N5O4. The molecule has 1 fully saturated rings. The molecule has 1 aliphatic rings. The Balaban J connectivity index is 2.08. The minimum absolute atomic E-state index is 0.212. The van der Waals surface area contributed by atoms with E-state index in [0.717, 1.165) is 0 Å². The highest BCUT2D eigenvalue weighted by molar-refractivity contribution is 5.81. The fourth-order valence-electron chi connectivity index (χ4n) is 2.61. The molecule has 0 spiro atoms. The van der Waals surface area contributed by atoms with Crippen LogP contribution in [-0.4, -0.2) is 58.8 Å². The Morgan fingerprint density at radius 3 is 2.76 bits per heavy atom. The number of nitrogens with zero attached hydrogens (tertiary/aromatic N) is 4. The van der Waals surface area contributed by atoms with Gasteiger partial charge in [0.2, 0.25) is 0 Å². The molecule has 0 aliphatic carbocycles. The molecule has 2 aromatic heterocycles. The Kier molecular flexibility index (Phi) is 3.10. The van der Waals surface area contributed by atoms with Crippen LogP contribution in [-0.2, 0) is 4.74 Å². The van der Waals surface area contributed by atoms with Crippen molar-refractivity contribution >= 4 is 17.0 Å². The van der Waals surface area contributed by atoms with Crippen LogP contribution < -0.4 is 5.73 Å². The van der Waals surface area contributed by atoms with E-state index in [1.165, 1.54) is 31.1 Å². The van der Waals surface area contributed by atoms with Crippen LogP contribution in [0.15, 0.2) is 12.7 Å². The van der Waals surface area contributed by atoms with Crippen molar-refractivity contribution in [2.24, 2.45) is 0 Å². The first-order valence-electron chi connectivity index (χ1n) is 6.51. The second kappa shape index (κ2) is 4.60. The zero-order valence-electron chi connectivity index (χ0n) is 11.6. The van der Waals surface area contributed by atoms with E-state index in [1.807, 2.05) is 0 Å². The van der Waals surface area contributed by atoms with Crippen molar-refractivity contribution in [3.05, 3.63) is 12.7 Å². The van der Waals surface area contributed by atoms with Gasteiger partial charge in [0.25, 0.3) is 0 Å². The summed E-state index contributed by atoms with van der Waals surface area (Å²) in [4.78, 5) is 12.0. The third-order valence-corrected chi connectivity index (χ3v) is 3.81. The van der Waals surface area contributed by atoms with Crippen LogP contribution in [0.25, 0.3) is 11.2 Å². The number of nitrogen functional groups attached to an aromatic ring is 1. The predicted molar refractivity (Wildman–Crippen MR) is 72.0 cm³/mol. The average Bonchev–Trinajstić information content (AvgIpc) is 2.92. The van der Waals surface area contributed by atoms with E-state index in [2.05, 4.69) is 15.0 Å². The minimum Gasteiger partial charge on any atom is -0.391 e. The van der Waals surface area contributed by atoms with Gasteiger partial charge in [0.1, 0.15) is 29.7 Å². The van der Waals surface area contributed by atoms with E-state index in [4.69, 9.17) is 10.5 Å². The number of nitrogens with two attached hydrogens (primary N) is 1. The number of hydrogen-bond donors (Lipinski definition) is 4. The maximum atomic E-state index is 10.5. The third kappa shape index (κ3) is 1.97. The summed E-state index contributed by atoms with van der Waals surface area (Å²) in [5, 5.41) is 30.4. The lowest BCUT2D eigenvalue weighted by molar-refractivity contribution is -0.0987. The molecule has 5 atom stereocenters. The summed E-state index contributed by atoms with van der Waals surface area (Å²) < 4.78 is 7.09. The van der Waals surface area contributed by atoms with Gasteiger partial charge < -0.3 is 25.8 Å². The molecule has 2 aromatic rings. The molecule has 114 valence electrons. The number of imidazole rings is 1. The standard InChI is InChI=1S/C12H17N5O4/c1-5(18)7-8(19)12(2,20)11(21-7)17-4-16-6-9(13)14-3-15-10(6)17/h3-5,7-8,11,18-20H,1-2H3,(H2,13,14,15)/t5-,7?,8+,11+,12+/m0/s1. The molecule has 0 saturated carbocycles. The van der Waals surface area contributed by atoms with Crippen molar-refractivity contribution in [2.75, 3.05) is 5.73 Å². The summed E-state index contributed by atoms with van der Waals surface area (Å²) in [5.41, 5.74) is 4.87. The summed E-state index contributed by atoms with van der Waals surface area (Å²) in [7, 11) is 0. The maximum Gasteiger partial charge on any atom is 0.168 e. The van der Waals surface area contributed by atoms with Gasteiger partial charge in [-0.15, -0.1) is 0 Å². The molecule has 1 unspecified atom stereocenters. The smallest absolute Gasteiger partial charge is 0.168 e. The van der Waals surface area contributed by atoms with Crippen molar-refractivity contribution in [2.45, 2.75) is 44.0 Å². The molecule has 9 nitrogen and oxygen atoms in total. The highest BCUT2D eigenvalue weighted by Crippen LogP contribution is 2.40. The van der Waals surface area contributed by atoms with Gasteiger partial charge in [-0.3, -0.25) is 4.57 Å². The third-order valence-electron chi connectivity index (χ3n) is 3.81. The molecule has 1 saturated heterocycles. The van der Waals surface area contributed by atoms with Gasteiger partial charge in [-0.2, -0.15) is 0 Å². The second-order valence-electron chi connectivity index (χ2n) is 5.45. The number of aliphatic hydroxyl groups excluding tert-OH is 2. The molecule has 3 heterocycles. The van der Waals surface area contributed by atoms with E-state index in [9.17, 15) is 15.3 Å². The average molecular weight is 295 g/mol. The summed E-state index contributed by atoms with van der Waals surface area (Å²) in [6.45, 7) is 2.92. The van der Waals surface area contributed by atoms with E-state index in [1.54, 1.807) is 0 Å². The molecule has 1 aliphatic heterocycles. The van der Waals surface area contributed by atoms with Crippen molar-refractivity contribution in [3.63, 3.8) is 0 Å². The minimum atomic E-state index is -1.62. The van der Waals surface area contributed by atoms with Crippen molar-refractivity contribution in [3.8, 4) is 0 Å². The SMILES string of the molecule is C[C@H](O)C1O[C@@H](n2cnc3c(N)ncnc32)[C@](C)(O)[C@@H]1O. The van der Waals surface area contributed by atoms with Crippen LogP contribution in [0, 0.1) is 0 Å². The Morgan fingerprint density at radius 2 is 2.14 bits per heavy atom. The molecule has 9 heteroatoms. The number of aliphatic hydroxyl groups is 3. The zero-order valence-corrected chi connectivity index (χ0v) is 11.6. The van der Waals surface area contributed by atoms with Crippen LogP contribution in [0.1, 0.15) is 20.1 Å². The maximum absolute atomic E-state index is 10.5. The first-order chi connectivity index (χ1) is 9.84. The lowest BCUT2D eigenvalue weighted by atomic mass is 9.94. The van der Waals surface area contributed by atoms with Crippen molar-refractivity contribution < 1.29 is 20.1 Å². The number of ether oxygens (including phenoxy) is 1. The van der Waals surface area contributed by atoms with E-state index in [0.29, 0.717) is 11.2 Å². The fourth-order valence-corrected chi connectivity index (χ4v) is 2.61. The molecular weight excluding hydrogens is 278 g/mol. The van der Waals surface area contributed by atoms with Crippen molar-refractivity contribution in [1.82, 2.24) is 19.5 Å². The van der Waals surface area contributed by atoms with Crippen LogP contribution in [0.2, 0.25) is 0 Å². The van der Waals surface area contributed by atoms with Gasteiger partial charge in [0.15, 0.2) is 17.7 Å². The first-order valence-corrected chi connectivity index (χ1v) is 6.51. The van der Waals surface area contributed by atoms with Gasteiger partial charge >= 0.3 is 0 Å². The number of hydrogen-bond acceptors (Lipinski definition) is 8. The molecule has 0 radical (unpaired) electrons. The fraction of sp³-hybridized carbons (Fsp3) is 0.583. The Bertz CT molecular complexity index is 671. The first kappa shape index (κ1) is 14.1. The summed E-state index contributed by atoms with van der Waals surface area (Å²) in [6, 6.07) is 0. The van der Waals surface area contributed by atoms with Crippen LogP contribution >= 0.6 is 0 Å². The highest BCUT2D eigenvalue weighted by Gasteiger charge is 2.54. The van der Waals surface area contributed by atoms with Crippen LogP contribution in [0.3, 0.4) is 0 Å². The van der Waals surface area contributed by atoms with E-state index >= 15 is 0 Å². The van der Waals surface area contributed by atoms with Crippen LogP contribution in [0.4, 0.5) is 5.82 Å². The molecule has 3 rings (SSSR count). The Hall–Kier alpha value is -1.81. The number of anilines is 1. The summed E-state index contributed by atoms with van der Waals surface area (Å²) >= 11 is 0. The van der Waals surface area contributed by atoms with Gasteiger partial charge in [0.05, 0.1) is 12.4 Å². The van der Waals surface area contributed by atoms with Gasteiger partial charge in [-0.1, -0.05) is 0 Å². The number of aromatic nitrogens is 4. The Morgan fingerprint density at radius 1 is 1.43 bits per heavy atom. The molecule has 0 bridgehead atoms. The molecule has 21 heavy (non-hydrogen) atoms. The largest absolute Gasteiger partial charge is 0.391 e. The number of fused-ring (bicyclic) bond motifs is 1. The number of rotatable bonds is 2. The van der Waals surface area contributed by atoms with Crippen molar-refractivity contribution in [1.29, 1.82) is 0 Å². The lowest BCUT2D eigenvalue weighted by Gasteiger charge is -2.27. The second-order valence-corrected chi connectivity index (χ2v) is 5.45. The molecule has 0 amide bonds. The monoisotopic (exact) mass is 295 g/mol. The zero-order chi connectivity index (χ0) is 15.4. The Labute approximate surface area is 120 Å². The lowest BCUT2D eigenvalue weighted by Crippen LogP contribution is -2.45. The molecule has 5 N–H and O–H groups in total. The summed E-state index contributed by atoms with van der Waals surface area (Å²) in [6.07, 6.45) is -1.37. The van der Waals surface area contributed by atoms with E-state index in [-0.39, 0.29) is 5.82 Å². The van der Waals surface area contributed by atoms with Gasteiger partial charge in [-0.05, 0) is 13.8 Å². The van der Waals surface area contributed by atoms with Gasteiger partial charge in [0, 0.05) is 0 Å². The van der Waals surface area contributed by atoms with Gasteiger partial charge in [-0.25, -0.2) is 15.0 Å². The molecule has 0 aromatic carbocycles. The highest BCUT2D eigenvalue weighted by atomic mass is 16.6. The predicted octanol–water partition coefficient (Wildman–Crippen LogP) is -1.20.